The summed E-state index contributed by atoms with van der Waals surface area (Å²) < 4.78 is 38.5. The number of methoxy groups -OCH3 is 2. The van der Waals surface area contributed by atoms with Crippen molar-refractivity contribution < 1.29 is 17.9 Å². The monoisotopic (exact) mass is 381 g/mol. The van der Waals surface area contributed by atoms with E-state index in [1.165, 1.54) is 16.4 Å². The van der Waals surface area contributed by atoms with E-state index >= 15 is 0 Å². The molecule has 7 heteroatoms. The Hall–Kier alpha value is -1.76. The second-order valence-corrected chi connectivity index (χ2v) is 8.16. The molecule has 2 aromatic carbocycles. The van der Waals surface area contributed by atoms with Gasteiger partial charge in [0.15, 0.2) is 0 Å². The Morgan fingerprint density at radius 2 is 1.80 bits per heavy atom. The lowest BCUT2D eigenvalue weighted by molar-refractivity contribution is 0.361. The zero-order valence-electron chi connectivity index (χ0n) is 14.1. The van der Waals surface area contributed by atoms with E-state index in [0.717, 1.165) is 18.4 Å². The van der Waals surface area contributed by atoms with Crippen LogP contribution in [0.4, 0.5) is 0 Å². The van der Waals surface area contributed by atoms with Gasteiger partial charge in [-0.1, -0.05) is 11.6 Å². The van der Waals surface area contributed by atoms with Crippen LogP contribution in [0, 0.1) is 0 Å². The Balaban J connectivity index is 2.02. The van der Waals surface area contributed by atoms with Gasteiger partial charge < -0.3 is 9.47 Å². The SMILES string of the molecule is COc1ccc(OC)c(C2CCCN2S(=O)(=O)c2ccc(Cl)cc2)c1. The highest BCUT2D eigenvalue weighted by atomic mass is 35.5. The van der Waals surface area contributed by atoms with Crippen molar-refractivity contribution in [3.8, 4) is 11.5 Å². The zero-order valence-corrected chi connectivity index (χ0v) is 15.7. The number of hydrogen-bond acceptors (Lipinski definition) is 4. The first-order valence-corrected chi connectivity index (χ1v) is 9.78. The number of sulfonamides is 1. The number of nitrogens with zero attached hydrogens (tertiary/aromatic N) is 1. The molecule has 0 N–H and O–H groups in total. The summed E-state index contributed by atoms with van der Waals surface area (Å²) in [4.78, 5) is 0.241. The van der Waals surface area contributed by atoms with Crippen LogP contribution >= 0.6 is 11.6 Å². The van der Waals surface area contributed by atoms with E-state index in [2.05, 4.69) is 0 Å². The predicted octanol–water partition coefficient (Wildman–Crippen LogP) is 3.88. The van der Waals surface area contributed by atoms with Crippen molar-refractivity contribution in [2.45, 2.75) is 23.8 Å². The summed E-state index contributed by atoms with van der Waals surface area (Å²) in [5, 5.41) is 0.506. The average Bonchev–Trinajstić information content (AvgIpc) is 3.12. The van der Waals surface area contributed by atoms with Crippen molar-refractivity contribution in [3.05, 3.63) is 53.1 Å². The first-order valence-electron chi connectivity index (χ1n) is 7.96. The fourth-order valence-corrected chi connectivity index (χ4v) is 4.98. The highest BCUT2D eigenvalue weighted by Crippen LogP contribution is 2.41. The third-order valence-electron chi connectivity index (χ3n) is 4.42. The van der Waals surface area contributed by atoms with Gasteiger partial charge in [0, 0.05) is 17.1 Å². The summed E-state index contributed by atoms with van der Waals surface area (Å²) in [6.45, 7) is 0.468. The molecule has 1 atom stereocenters. The summed E-state index contributed by atoms with van der Waals surface area (Å²) in [6.07, 6.45) is 1.52. The van der Waals surface area contributed by atoms with Gasteiger partial charge in [-0.2, -0.15) is 4.31 Å². The summed E-state index contributed by atoms with van der Waals surface area (Å²) in [6, 6.07) is 11.4. The third kappa shape index (κ3) is 3.47. The third-order valence-corrected chi connectivity index (χ3v) is 6.59. The molecule has 1 saturated heterocycles. The van der Waals surface area contributed by atoms with Gasteiger partial charge in [0.1, 0.15) is 11.5 Å². The molecule has 0 amide bonds. The Kier molecular flexibility index (Phi) is 5.22. The number of hydrogen-bond donors (Lipinski definition) is 0. The fourth-order valence-electron chi connectivity index (χ4n) is 3.18. The van der Waals surface area contributed by atoms with Crippen molar-refractivity contribution in [1.29, 1.82) is 0 Å². The Labute approximate surface area is 153 Å². The average molecular weight is 382 g/mol. The first-order chi connectivity index (χ1) is 12.0. The summed E-state index contributed by atoms with van der Waals surface area (Å²) in [7, 11) is -0.452. The van der Waals surface area contributed by atoms with Gasteiger partial charge >= 0.3 is 0 Å². The molecule has 1 aliphatic rings. The molecule has 5 nitrogen and oxygen atoms in total. The largest absolute Gasteiger partial charge is 0.497 e. The van der Waals surface area contributed by atoms with Crippen molar-refractivity contribution in [3.63, 3.8) is 0 Å². The molecular formula is C18H20ClNO4S. The minimum Gasteiger partial charge on any atom is -0.497 e. The molecule has 0 radical (unpaired) electrons. The van der Waals surface area contributed by atoms with Crippen LogP contribution in [0.5, 0.6) is 11.5 Å². The van der Waals surface area contributed by atoms with Crippen molar-refractivity contribution in [1.82, 2.24) is 4.31 Å². The van der Waals surface area contributed by atoms with Gasteiger partial charge in [-0.25, -0.2) is 8.42 Å². The normalized spacial score (nSPS) is 18.3. The van der Waals surface area contributed by atoms with Gasteiger partial charge in [0.2, 0.25) is 10.0 Å². The highest BCUT2D eigenvalue weighted by molar-refractivity contribution is 7.89. The minimum atomic E-state index is -3.62. The quantitative estimate of drug-likeness (QED) is 0.788. The molecule has 0 bridgehead atoms. The molecule has 25 heavy (non-hydrogen) atoms. The van der Waals surface area contributed by atoms with Crippen molar-refractivity contribution >= 4 is 21.6 Å². The van der Waals surface area contributed by atoms with Crippen LogP contribution in [0.25, 0.3) is 0 Å². The van der Waals surface area contributed by atoms with Crippen LogP contribution in [0.1, 0.15) is 24.4 Å². The Morgan fingerprint density at radius 3 is 2.44 bits per heavy atom. The zero-order chi connectivity index (χ0) is 18.0. The Morgan fingerprint density at radius 1 is 1.08 bits per heavy atom. The van der Waals surface area contributed by atoms with Crippen LogP contribution in [-0.4, -0.2) is 33.5 Å². The molecule has 0 saturated carbocycles. The maximum absolute atomic E-state index is 13.1. The van der Waals surface area contributed by atoms with E-state index in [0.29, 0.717) is 23.1 Å². The minimum absolute atomic E-state index is 0.241. The highest BCUT2D eigenvalue weighted by Gasteiger charge is 2.37. The Bertz CT molecular complexity index is 852. The van der Waals surface area contributed by atoms with E-state index in [1.54, 1.807) is 38.5 Å². The predicted molar refractivity (Wildman–Crippen MR) is 96.9 cm³/mol. The van der Waals surface area contributed by atoms with E-state index in [1.807, 2.05) is 6.07 Å². The number of ether oxygens (including phenoxy) is 2. The van der Waals surface area contributed by atoms with Crippen molar-refractivity contribution in [2.75, 3.05) is 20.8 Å². The maximum atomic E-state index is 13.1. The van der Waals surface area contributed by atoms with Crippen LogP contribution in [0.2, 0.25) is 5.02 Å². The summed E-state index contributed by atoms with van der Waals surface area (Å²) >= 11 is 5.88. The topological polar surface area (TPSA) is 55.8 Å². The molecule has 134 valence electrons. The van der Waals surface area contributed by atoms with Crippen LogP contribution < -0.4 is 9.47 Å². The van der Waals surface area contributed by atoms with Crippen LogP contribution in [0.3, 0.4) is 0 Å². The van der Waals surface area contributed by atoms with E-state index < -0.39 is 10.0 Å². The van der Waals surface area contributed by atoms with E-state index in [-0.39, 0.29) is 10.9 Å². The number of halogens is 1. The fraction of sp³-hybridized carbons (Fsp3) is 0.333. The maximum Gasteiger partial charge on any atom is 0.243 e. The standard InChI is InChI=1S/C18H20ClNO4S/c1-23-14-7-10-18(24-2)16(12-14)17-4-3-11-20(17)25(21,22)15-8-5-13(19)6-9-15/h5-10,12,17H,3-4,11H2,1-2H3. The molecule has 0 spiro atoms. The number of rotatable bonds is 5. The smallest absolute Gasteiger partial charge is 0.243 e. The molecule has 1 aliphatic heterocycles. The molecule has 1 fully saturated rings. The molecular weight excluding hydrogens is 362 g/mol. The van der Waals surface area contributed by atoms with Gasteiger partial charge in [-0.3, -0.25) is 0 Å². The summed E-state index contributed by atoms with van der Waals surface area (Å²) in [5.74, 6) is 1.33. The summed E-state index contributed by atoms with van der Waals surface area (Å²) in [5.41, 5.74) is 0.817. The first kappa shape index (κ1) is 18.0. The molecule has 1 heterocycles. The lowest BCUT2D eigenvalue weighted by Crippen LogP contribution is -2.30. The molecule has 0 aromatic heterocycles. The lowest BCUT2D eigenvalue weighted by atomic mass is 10.0. The van der Waals surface area contributed by atoms with Gasteiger partial charge in [-0.05, 0) is 55.3 Å². The molecule has 1 unspecified atom stereocenters. The molecule has 0 aliphatic carbocycles. The molecule has 3 rings (SSSR count). The van der Waals surface area contributed by atoms with Crippen LogP contribution in [-0.2, 0) is 10.0 Å². The number of benzene rings is 2. The van der Waals surface area contributed by atoms with E-state index in [4.69, 9.17) is 21.1 Å². The second-order valence-electron chi connectivity index (χ2n) is 5.84. The second kappa shape index (κ2) is 7.23. The van der Waals surface area contributed by atoms with E-state index in [9.17, 15) is 8.42 Å². The van der Waals surface area contributed by atoms with Gasteiger partial charge in [0.05, 0.1) is 25.2 Å². The van der Waals surface area contributed by atoms with Gasteiger partial charge in [-0.15, -0.1) is 0 Å². The molecule has 2 aromatic rings. The lowest BCUT2D eigenvalue weighted by Gasteiger charge is -2.26. The van der Waals surface area contributed by atoms with Crippen molar-refractivity contribution in [2.24, 2.45) is 0 Å². The van der Waals surface area contributed by atoms with Crippen LogP contribution in [0.15, 0.2) is 47.4 Å². The van der Waals surface area contributed by atoms with Gasteiger partial charge in [0.25, 0.3) is 0 Å².